The van der Waals surface area contributed by atoms with E-state index >= 15 is 0 Å². The van der Waals surface area contributed by atoms with Gasteiger partial charge in [-0.25, -0.2) is 0 Å². The number of carbonyl (C=O) groups excluding carboxylic acids is 1. The summed E-state index contributed by atoms with van der Waals surface area (Å²) >= 11 is 3.37. The van der Waals surface area contributed by atoms with Gasteiger partial charge in [0.25, 0.3) is 5.91 Å². The van der Waals surface area contributed by atoms with E-state index in [1.165, 1.54) is 0 Å². The van der Waals surface area contributed by atoms with Gasteiger partial charge in [-0.15, -0.1) is 0 Å². The van der Waals surface area contributed by atoms with Crippen molar-refractivity contribution in [2.45, 2.75) is 6.42 Å². The van der Waals surface area contributed by atoms with Gasteiger partial charge in [0.05, 0.1) is 12.7 Å². The van der Waals surface area contributed by atoms with E-state index in [1.807, 2.05) is 23.1 Å². The van der Waals surface area contributed by atoms with Crippen LogP contribution in [0.3, 0.4) is 0 Å². The molecule has 1 aromatic rings. The number of benzene rings is 1. The van der Waals surface area contributed by atoms with Crippen molar-refractivity contribution in [1.82, 2.24) is 4.90 Å². The maximum Gasteiger partial charge on any atom is 0.257 e. The normalized spacial score (nSPS) is 14.8. The molecular formula is C13H14BrNO2. The second-order valence-electron chi connectivity index (χ2n) is 3.86. The van der Waals surface area contributed by atoms with E-state index < -0.39 is 0 Å². The van der Waals surface area contributed by atoms with Crippen LogP contribution in [0.15, 0.2) is 34.8 Å². The van der Waals surface area contributed by atoms with Crippen molar-refractivity contribution in [3.8, 4) is 5.75 Å². The first-order valence-electron chi connectivity index (χ1n) is 5.50. The number of carbonyl (C=O) groups is 1. The quantitative estimate of drug-likeness (QED) is 0.785. The number of methoxy groups -OCH3 is 1. The summed E-state index contributed by atoms with van der Waals surface area (Å²) in [5, 5.41) is 0. The van der Waals surface area contributed by atoms with E-state index in [1.54, 1.807) is 13.2 Å². The molecule has 0 atom stereocenters. The minimum Gasteiger partial charge on any atom is -0.496 e. The highest BCUT2D eigenvalue weighted by Crippen LogP contribution is 2.25. The van der Waals surface area contributed by atoms with E-state index in [0.29, 0.717) is 17.9 Å². The molecule has 17 heavy (non-hydrogen) atoms. The van der Waals surface area contributed by atoms with Gasteiger partial charge in [-0.1, -0.05) is 28.1 Å². The largest absolute Gasteiger partial charge is 0.496 e. The molecule has 90 valence electrons. The summed E-state index contributed by atoms with van der Waals surface area (Å²) in [6.45, 7) is 1.45. The second kappa shape index (κ2) is 5.36. The summed E-state index contributed by atoms with van der Waals surface area (Å²) < 4.78 is 6.15. The minimum absolute atomic E-state index is 0.0266. The molecule has 1 aliphatic rings. The molecule has 0 aromatic heterocycles. The van der Waals surface area contributed by atoms with Crippen LogP contribution >= 0.6 is 15.9 Å². The van der Waals surface area contributed by atoms with Crippen LogP contribution in [0.2, 0.25) is 0 Å². The summed E-state index contributed by atoms with van der Waals surface area (Å²) in [6, 6.07) is 5.46. The second-order valence-corrected chi connectivity index (χ2v) is 4.77. The first-order chi connectivity index (χ1) is 8.22. The van der Waals surface area contributed by atoms with E-state index in [9.17, 15) is 4.79 Å². The van der Waals surface area contributed by atoms with Gasteiger partial charge in [-0.2, -0.15) is 0 Å². The van der Waals surface area contributed by atoms with Crippen LogP contribution in [-0.2, 0) is 0 Å². The molecule has 0 aliphatic carbocycles. The molecule has 0 bridgehead atoms. The van der Waals surface area contributed by atoms with Crippen LogP contribution in [0.1, 0.15) is 16.8 Å². The molecule has 0 radical (unpaired) electrons. The fraction of sp³-hybridized carbons (Fsp3) is 0.308. The highest BCUT2D eigenvalue weighted by molar-refractivity contribution is 9.10. The van der Waals surface area contributed by atoms with Crippen molar-refractivity contribution < 1.29 is 9.53 Å². The maximum atomic E-state index is 12.3. The Bertz CT molecular complexity index is 457. The molecule has 1 aromatic carbocycles. The molecule has 1 aliphatic heterocycles. The number of nitrogens with zero attached hydrogens (tertiary/aromatic N) is 1. The molecule has 3 nitrogen and oxygen atoms in total. The third-order valence-corrected chi connectivity index (χ3v) is 3.23. The summed E-state index contributed by atoms with van der Waals surface area (Å²) in [4.78, 5) is 14.1. The highest BCUT2D eigenvalue weighted by Gasteiger charge is 2.19. The van der Waals surface area contributed by atoms with E-state index in [4.69, 9.17) is 4.74 Å². The third-order valence-electron chi connectivity index (χ3n) is 2.74. The number of hydrogen-bond donors (Lipinski definition) is 0. The Balaban J connectivity index is 2.26. The summed E-state index contributed by atoms with van der Waals surface area (Å²) in [7, 11) is 1.58. The molecule has 1 amide bonds. The number of amides is 1. The molecule has 0 fully saturated rings. The van der Waals surface area contributed by atoms with Gasteiger partial charge in [0.15, 0.2) is 0 Å². The zero-order valence-corrected chi connectivity index (χ0v) is 11.2. The predicted octanol–water partition coefficient (Wildman–Crippen LogP) is 2.86. The smallest absolute Gasteiger partial charge is 0.257 e. The monoisotopic (exact) mass is 295 g/mol. The molecule has 0 unspecified atom stereocenters. The van der Waals surface area contributed by atoms with E-state index in [-0.39, 0.29) is 5.91 Å². The first kappa shape index (κ1) is 12.2. The number of halogens is 1. The molecule has 2 rings (SSSR count). The van der Waals surface area contributed by atoms with E-state index in [2.05, 4.69) is 22.0 Å². The van der Waals surface area contributed by atoms with Gasteiger partial charge in [0, 0.05) is 17.6 Å². The van der Waals surface area contributed by atoms with Gasteiger partial charge >= 0.3 is 0 Å². The topological polar surface area (TPSA) is 29.5 Å². The third kappa shape index (κ3) is 2.69. The van der Waals surface area contributed by atoms with E-state index in [0.717, 1.165) is 17.4 Å². The van der Waals surface area contributed by atoms with Crippen LogP contribution < -0.4 is 4.74 Å². The highest BCUT2D eigenvalue weighted by atomic mass is 79.9. The zero-order chi connectivity index (χ0) is 12.3. The predicted molar refractivity (Wildman–Crippen MR) is 70.4 cm³/mol. The number of ether oxygens (including phenoxy) is 1. The number of hydrogen-bond acceptors (Lipinski definition) is 2. The Morgan fingerprint density at radius 2 is 2.24 bits per heavy atom. The molecular weight excluding hydrogens is 282 g/mol. The van der Waals surface area contributed by atoms with Crippen LogP contribution in [-0.4, -0.2) is 31.0 Å². The first-order valence-corrected chi connectivity index (χ1v) is 6.29. The summed E-state index contributed by atoms with van der Waals surface area (Å²) in [5.74, 6) is 0.637. The van der Waals surface area contributed by atoms with Crippen LogP contribution in [0.25, 0.3) is 0 Å². The Hall–Kier alpha value is -1.29. The van der Waals surface area contributed by atoms with Crippen molar-refractivity contribution in [2.75, 3.05) is 20.2 Å². The Morgan fingerprint density at radius 1 is 1.41 bits per heavy atom. The summed E-state index contributed by atoms with van der Waals surface area (Å²) in [5.41, 5.74) is 0.617. The van der Waals surface area contributed by atoms with Gasteiger partial charge < -0.3 is 9.64 Å². The molecule has 0 N–H and O–H groups in total. The van der Waals surface area contributed by atoms with Crippen LogP contribution in [0.5, 0.6) is 5.75 Å². The van der Waals surface area contributed by atoms with Crippen LogP contribution in [0.4, 0.5) is 0 Å². The Kier molecular flexibility index (Phi) is 3.84. The van der Waals surface area contributed by atoms with Crippen molar-refractivity contribution >= 4 is 21.8 Å². The molecule has 4 heteroatoms. The zero-order valence-electron chi connectivity index (χ0n) is 9.65. The fourth-order valence-electron chi connectivity index (χ4n) is 1.84. The lowest BCUT2D eigenvalue weighted by molar-refractivity contribution is 0.0767. The van der Waals surface area contributed by atoms with Crippen molar-refractivity contribution in [2.24, 2.45) is 0 Å². The lowest BCUT2D eigenvalue weighted by Gasteiger charge is -2.24. The van der Waals surface area contributed by atoms with Crippen molar-refractivity contribution in [1.29, 1.82) is 0 Å². The average Bonchev–Trinajstić information content (AvgIpc) is 2.39. The molecule has 1 heterocycles. The molecule has 0 saturated heterocycles. The Labute approximate surface area is 109 Å². The SMILES string of the molecule is COc1cc(Br)ccc1C(=O)N1CC=CCC1. The Morgan fingerprint density at radius 3 is 2.88 bits per heavy atom. The lowest BCUT2D eigenvalue weighted by Crippen LogP contribution is -2.33. The fourth-order valence-corrected chi connectivity index (χ4v) is 2.18. The standard InChI is InChI=1S/C13H14BrNO2/c1-17-12-9-10(14)5-6-11(12)13(16)15-7-3-2-4-8-15/h2-3,5-6,9H,4,7-8H2,1H3. The maximum absolute atomic E-state index is 12.3. The van der Waals surface area contributed by atoms with Gasteiger partial charge in [0.1, 0.15) is 5.75 Å². The van der Waals surface area contributed by atoms with Gasteiger partial charge in [-0.05, 0) is 24.6 Å². The minimum atomic E-state index is 0.0266. The molecule has 0 saturated carbocycles. The average molecular weight is 296 g/mol. The van der Waals surface area contributed by atoms with Gasteiger partial charge in [-0.3, -0.25) is 4.79 Å². The van der Waals surface area contributed by atoms with Gasteiger partial charge in [0.2, 0.25) is 0 Å². The molecule has 0 spiro atoms. The lowest BCUT2D eigenvalue weighted by atomic mass is 10.1. The van der Waals surface area contributed by atoms with Crippen molar-refractivity contribution in [3.05, 3.63) is 40.4 Å². The van der Waals surface area contributed by atoms with Crippen LogP contribution in [0, 0.1) is 0 Å². The van der Waals surface area contributed by atoms with Crippen molar-refractivity contribution in [3.63, 3.8) is 0 Å². The summed E-state index contributed by atoms with van der Waals surface area (Å²) in [6.07, 6.45) is 5.04. The number of rotatable bonds is 2.